The Hall–Kier alpha value is -0.960. The van der Waals surface area contributed by atoms with Crippen LogP contribution in [0.5, 0.6) is 0 Å². The molecule has 1 nitrogen and oxygen atoms in total. The minimum atomic E-state index is -0.548. The van der Waals surface area contributed by atoms with Crippen molar-refractivity contribution in [3.63, 3.8) is 0 Å². The normalized spacial score (nSPS) is 18.1. The average molecular weight is 263 g/mol. The number of hydrogen-bond acceptors (Lipinski definition) is 2. The summed E-state index contributed by atoms with van der Waals surface area (Å²) in [5, 5.41) is 11.1. The van der Waals surface area contributed by atoms with E-state index < -0.39 is 6.10 Å². The van der Waals surface area contributed by atoms with Crippen LogP contribution in [0.4, 0.5) is 0 Å². The van der Waals surface area contributed by atoms with E-state index in [1.54, 1.807) is 11.8 Å². The minimum Gasteiger partial charge on any atom is -0.384 e. The standard InChI is InChI=1S/C14H11ClOS/c15-10-5-6-12-13(7-10)17-8-9-3-1-2-4-11(9)14(12)16/h1-7,14,16H,8H2/t14-/m1/s1. The van der Waals surface area contributed by atoms with E-state index in [1.165, 1.54) is 5.56 Å². The van der Waals surface area contributed by atoms with Gasteiger partial charge in [0.05, 0.1) is 0 Å². The average Bonchev–Trinajstić information content (AvgIpc) is 2.48. The largest absolute Gasteiger partial charge is 0.384 e. The van der Waals surface area contributed by atoms with Crippen LogP contribution in [0.2, 0.25) is 5.02 Å². The van der Waals surface area contributed by atoms with E-state index >= 15 is 0 Å². The first-order valence-corrected chi connectivity index (χ1v) is 6.80. The summed E-state index contributed by atoms with van der Waals surface area (Å²) in [6.07, 6.45) is -0.548. The summed E-state index contributed by atoms with van der Waals surface area (Å²) in [6.45, 7) is 0. The third-order valence-electron chi connectivity index (χ3n) is 3.00. The maximum atomic E-state index is 10.4. The van der Waals surface area contributed by atoms with Gasteiger partial charge < -0.3 is 5.11 Å². The molecule has 2 aromatic carbocycles. The molecule has 1 aliphatic rings. The van der Waals surface area contributed by atoms with Gasteiger partial charge in [-0.25, -0.2) is 0 Å². The van der Waals surface area contributed by atoms with Gasteiger partial charge in [0.1, 0.15) is 6.10 Å². The molecule has 0 fully saturated rings. The van der Waals surface area contributed by atoms with Crippen LogP contribution in [0.25, 0.3) is 0 Å². The summed E-state index contributed by atoms with van der Waals surface area (Å²) in [4.78, 5) is 1.07. The van der Waals surface area contributed by atoms with Crippen LogP contribution in [-0.4, -0.2) is 5.11 Å². The Balaban J connectivity index is 2.16. The highest BCUT2D eigenvalue weighted by Gasteiger charge is 2.21. The Bertz CT molecular complexity index is 568. The zero-order valence-corrected chi connectivity index (χ0v) is 10.6. The van der Waals surface area contributed by atoms with E-state index in [2.05, 4.69) is 6.07 Å². The van der Waals surface area contributed by atoms with Gasteiger partial charge in [0.25, 0.3) is 0 Å². The quantitative estimate of drug-likeness (QED) is 0.774. The Kier molecular flexibility index (Phi) is 2.87. The van der Waals surface area contributed by atoms with Gasteiger partial charge in [-0.3, -0.25) is 0 Å². The number of benzene rings is 2. The van der Waals surface area contributed by atoms with E-state index in [0.717, 1.165) is 26.8 Å². The fourth-order valence-electron chi connectivity index (χ4n) is 2.11. The fraction of sp³-hybridized carbons (Fsp3) is 0.143. The van der Waals surface area contributed by atoms with Crippen molar-refractivity contribution in [1.29, 1.82) is 0 Å². The van der Waals surface area contributed by atoms with Gasteiger partial charge in [-0.15, -0.1) is 11.8 Å². The van der Waals surface area contributed by atoms with Crippen LogP contribution in [0.1, 0.15) is 22.8 Å². The van der Waals surface area contributed by atoms with Crippen LogP contribution < -0.4 is 0 Å². The van der Waals surface area contributed by atoms with Crippen molar-refractivity contribution in [3.8, 4) is 0 Å². The van der Waals surface area contributed by atoms with Gasteiger partial charge in [-0.1, -0.05) is 41.9 Å². The van der Waals surface area contributed by atoms with Crippen molar-refractivity contribution in [2.75, 3.05) is 0 Å². The zero-order chi connectivity index (χ0) is 11.8. The summed E-state index contributed by atoms with van der Waals surface area (Å²) in [5.74, 6) is 0.876. The molecule has 1 N–H and O–H groups in total. The second kappa shape index (κ2) is 4.37. The number of hydrogen-bond donors (Lipinski definition) is 1. The van der Waals surface area contributed by atoms with Crippen LogP contribution in [-0.2, 0) is 5.75 Å². The highest BCUT2D eigenvalue weighted by Crippen LogP contribution is 2.40. The molecule has 0 aromatic heterocycles. The van der Waals surface area contributed by atoms with Crippen molar-refractivity contribution in [1.82, 2.24) is 0 Å². The molecule has 1 aliphatic heterocycles. The number of aliphatic hydroxyl groups is 1. The molecular formula is C14H11ClOS. The lowest BCUT2D eigenvalue weighted by atomic mass is 9.98. The summed E-state index contributed by atoms with van der Waals surface area (Å²) in [7, 11) is 0. The number of aliphatic hydroxyl groups excluding tert-OH is 1. The van der Waals surface area contributed by atoms with E-state index in [1.807, 2.05) is 36.4 Å². The van der Waals surface area contributed by atoms with Crippen molar-refractivity contribution in [3.05, 3.63) is 64.2 Å². The molecule has 0 unspecified atom stereocenters. The SMILES string of the molecule is O[C@@H]1c2ccccc2CSc2cc(Cl)ccc21. The first-order chi connectivity index (χ1) is 8.25. The molecule has 0 amide bonds. The molecule has 0 saturated heterocycles. The van der Waals surface area contributed by atoms with Gasteiger partial charge in [0.2, 0.25) is 0 Å². The lowest BCUT2D eigenvalue weighted by Gasteiger charge is -2.13. The predicted molar refractivity (Wildman–Crippen MR) is 71.5 cm³/mol. The number of fused-ring (bicyclic) bond motifs is 2. The molecule has 0 radical (unpaired) electrons. The molecule has 0 spiro atoms. The molecule has 0 aliphatic carbocycles. The van der Waals surface area contributed by atoms with Gasteiger partial charge >= 0.3 is 0 Å². The van der Waals surface area contributed by atoms with Crippen molar-refractivity contribution in [2.24, 2.45) is 0 Å². The minimum absolute atomic E-state index is 0.548. The van der Waals surface area contributed by atoms with Crippen molar-refractivity contribution < 1.29 is 5.11 Å². The maximum absolute atomic E-state index is 10.4. The highest BCUT2D eigenvalue weighted by atomic mass is 35.5. The molecule has 0 bridgehead atoms. The smallest absolute Gasteiger partial charge is 0.105 e. The van der Waals surface area contributed by atoms with Gasteiger partial charge in [-0.05, 0) is 28.8 Å². The molecule has 0 saturated carbocycles. The Morgan fingerprint density at radius 3 is 2.82 bits per heavy atom. The van der Waals surface area contributed by atoms with E-state index in [4.69, 9.17) is 11.6 Å². The van der Waals surface area contributed by atoms with E-state index in [0.29, 0.717) is 0 Å². The molecule has 3 rings (SSSR count). The molecule has 1 heterocycles. The fourth-order valence-corrected chi connectivity index (χ4v) is 3.48. The molecule has 3 heteroatoms. The van der Waals surface area contributed by atoms with E-state index in [-0.39, 0.29) is 0 Å². The lowest BCUT2D eigenvalue weighted by Crippen LogP contribution is -2.01. The second-order valence-electron chi connectivity index (χ2n) is 4.07. The van der Waals surface area contributed by atoms with Crippen molar-refractivity contribution in [2.45, 2.75) is 16.8 Å². The predicted octanol–water partition coefficient (Wildman–Crippen LogP) is 4.03. The Morgan fingerprint density at radius 2 is 1.94 bits per heavy atom. The molecule has 86 valence electrons. The van der Waals surface area contributed by atoms with E-state index in [9.17, 15) is 5.11 Å². The summed E-state index contributed by atoms with van der Waals surface area (Å²) >= 11 is 7.72. The van der Waals surface area contributed by atoms with Gasteiger partial charge in [-0.2, -0.15) is 0 Å². The Morgan fingerprint density at radius 1 is 1.12 bits per heavy atom. The van der Waals surface area contributed by atoms with Crippen molar-refractivity contribution >= 4 is 23.4 Å². The highest BCUT2D eigenvalue weighted by molar-refractivity contribution is 7.98. The number of rotatable bonds is 0. The Labute approximate surface area is 109 Å². The monoisotopic (exact) mass is 262 g/mol. The van der Waals surface area contributed by atoms with Gasteiger partial charge in [0, 0.05) is 15.7 Å². The molecular weight excluding hydrogens is 252 g/mol. The second-order valence-corrected chi connectivity index (χ2v) is 5.53. The van der Waals surface area contributed by atoms with Crippen LogP contribution >= 0.6 is 23.4 Å². The zero-order valence-electron chi connectivity index (χ0n) is 9.06. The summed E-state index contributed by atoms with van der Waals surface area (Å²) < 4.78 is 0. The van der Waals surface area contributed by atoms with Gasteiger partial charge in [0.15, 0.2) is 0 Å². The summed E-state index contributed by atoms with van der Waals surface area (Å²) in [5.41, 5.74) is 3.14. The molecule has 2 aromatic rings. The lowest BCUT2D eigenvalue weighted by molar-refractivity contribution is 0.217. The topological polar surface area (TPSA) is 20.2 Å². The number of thioether (sulfide) groups is 1. The third-order valence-corrected chi connectivity index (χ3v) is 4.36. The molecule has 17 heavy (non-hydrogen) atoms. The first kappa shape index (κ1) is 11.1. The number of halogens is 1. The summed E-state index contributed by atoms with van der Waals surface area (Å²) in [6, 6.07) is 13.7. The van der Waals surface area contributed by atoms with Crippen LogP contribution in [0, 0.1) is 0 Å². The van der Waals surface area contributed by atoms with Crippen LogP contribution in [0.15, 0.2) is 47.4 Å². The first-order valence-electron chi connectivity index (χ1n) is 5.44. The molecule has 1 atom stereocenters. The third kappa shape index (κ3) is 1.97. The maximum Gasteiger partial charge on any atom is 0.105 e. The van der Waals surface area contributed by atoms with Crippen LogP contribution in [0.3, 0.4) is 0 Å².